The maximum Gasteiger partial charge on any atom is 0.301 e. The number of hydrogen-bond donors (Lipinski definition) is 1. The predicted octanol–water partition coefficient (Wildman–Crippen LogP) is 7.38. The minimum atomic E-state index is -0.999. The molecule has 1 aliphatic heterocycles. The molecular weight excluding hydrogens is 588 g/mol. The molecule has 0 aliphatic carbocycles. The molecule has 0 saturated carbocycles. The summed E-state index contributed by atoms with van der Waals surface area (Å²) in [7, 11) is 0. The van der Waals surface area contributed by atoms with Gasteiger partial charge in [0.1, 0.15) is 28.6 Å². The quantitative estimate of drug-likeness (QED) is 0.113. The Hall–Kier alpha value is -5.48. The van der Waals surface area contributed by atoms with E-state index >= 15 is 0 Å². The lowest BCUT2D eigenvalue weighted by atomic mass is 9.96. The largest absolute Gasteiger partial charge is 0.505 e. The van der Waals surface area contributed by atoms with Crippen molar-refractivity contribution in [2.45, 2.75) is 26.8 Å². The molecule has 1 N–H and O–H groups in total. The zero-order valence-electron chi connectivity index (χ0n) is 24.7. The molecule has 1 amide bonds. The summed E-state index contributed by atoms with van der Waals surface area (Å²) in [6.45, 7) is 6.16. The smallest absolute Gasteiger partial charge is 0.301 e. The Morgan fingerprint density at radius 1 is 0.911 bits per heavy atom. The Morgan fingerprint density at radius 3 is 2.49 bits per heavy atom. The van der Waals surface area contributed by atoms with E-state index in [9.17, 15) is 14.7 Å². The van der Waals surface area contributed by atoms with Gasteiger partial charge in [0.05, 0.1) is 34.1 Å². The zero-order valence-corrected chi connectivity index (χ0v) is 25.5. The fraction of sp³-hybridized carbons (Fsp3) is 0.143. The van der Waals surface area contributed by atoms with Crippen molar-refractivity contribution in [2.24, 2.45) is 0 Å². The average Bonchev–Trinajstić information content (AvgIpc) is 3.69. The van der Waals surface area contributed by atoms with Crippen LogP contribution in [0, 0.1) is 13.8 Å². The van der Waals surface area contributed by atoms with Crippen LogP contribution in [0.4, 0.5) is 5.13 Å². The van der Waals surface area contributed by atoms with Crippen LogP contribution in [0.25, 0.3) is 21.6 Å². The first-order valence-corrected chi connectivity index (χ1v) is 15.3. The molecule has 6 aromatic rings. The van der Waals surface area contributed by atoms with Crippen LogP contribution in [0.2, 0.25) is 0 Å². The first-order chi connectivity index (χ1) is 21.8. The van der Waals surface area contributed by atoms with Gasteiger partial charge < -0.3 is 19.0 Å². The topological polar surface area (TPSA) is 106 Å². The number of benzene rings is 3. The van der Waals surface area contributed by atoms with Crippen LogP contribution in [0.15, 0.2) is 96.7 Å². The molecule has 224 valence electrons. The second-order valence-electron chi connectivity index (χ2n) is 10.6. The number of Topliss-reactive ketones (excluding diaryl/α,β-unsaturated/α-hetero) is 1. The highest BCUT2D eigenvalue weighted by Gasteiger charge is 2.48. The van der Waals surface area contributed by atoms with Crippen molar-refractivity contribution in [3.8, 4) is 17.2 Å². The van der Waals surface area contributed by atoms with Gasteiger partial charge in [-0.2, -0.15) is 0 Å². The van der Waals surface area contributed by atoms with E-state index in [4.69, 9.17) is 19.4 Å². The molecule has 9 nitrogen and oxygen atoms in total. The Kier molecular flexibility index (Phi) is 7.06. The van der Waals surface area contributed by atoms with Gasteiger partial charge in [0, 0.05) is 6.20 Å². The molecule has 0 spiro atoms. The van der Waals surface area contributed by atoms with Gasteiger partial charge in [-0.25, -0.2) is 9.97 Å². The molecular formula is C35H28N4O5S. The summed E-state index contributed by atoms with van der Waals surface area (Å²) in [6, 6.07) is 24.8. The number of ether oxygens (including phenoxy) is 2. The maximum atomic E-state index is 13.9. The van der Waals surface area contributed by atoms with Gasteiger partial charge in [-0.15, -0.1) is 0 Å². The summed E-state index contributed by atoms with van der Waals surface area (Å²) in [5.41, 5.74) is 3.58. The van der Waals surface area contributed by atoms with Crippen LogP contribution < -0.4 is 14.4 Å². The van der Waals surface area contributed by atoms with Crippen LogP contribution in [-0.4, -0.2) is 37.8 Å². The van der Waals surface area contributed by atoms with Gasteiger partial charge in [0.25, 0.3) is 5.78 Å². The number of rotatable bonds is 7. The highest BCUT2D eigenvalue weighted by molar-refractivity contribution is 7.22. The Labute approximate surface area is 262 Å². The standard InChI is InChI=1S/C35H28N4O5S/c1-4-43-24-15-16-26-27(19-24)45-35(36-26)39-30(22-11-8-14-25(18-22)44-23-12-6-5-7-13-23)28(32(41)34(39)42)31(40)29-21(3)38-17-9-10-20(2)33(38)37-29/h5-19,30,40H,4H2,1-3H3. The number of pyridine rings is 1. The number of nitrogens with zero attached hydrogens (tertiary/aromatic N) is 4. The number of fused-ring (bicyclic) bond motifs is 2. The molecule has 3 aromatic carbocycles. The number of anilines is 1. The first-order valence-electron chi connectivity index (χ1n) is 14.5. The van der Waals surface area contributed by atoms with Crippen molar-refractivity contribution in [3.63, 3.8) is 0 Å². The monoisotopic (exact) mass is 616 g/mol. The summed E-state index contributed by atoms with van der Waals surface area (Å²) >= 11 is 1.27. The fourth-order valence-corrected chi connectivity index (χ4v) is 6.66. The number of imidazole rings is 1. The number of amides is 1. The van der Waals surface area contributed by atoms with Crippen molar-refractivity contribution in [3.05, 3.63) is 119 Å². The maximum absolute atomic E-state index is 13.9. The summed E-state index contributed by atoms with van der Waals surface area (Å²) in [4.78, 5) is 38.6. The van der Waals surface area contributed by atoms with Gasteiger partial charge in [-0.05, 0) is 80.4 Å². The highest BCUT2D eigenvalue weighted by Crippen LogP contribution is 2.45. The molecule has 1 aliphatic rings. The zero-order chi connectivity index (χ0) is 31.2. The van der Waals surface area contributed by atoms with E-state index in [0.717, 1.165) is 10.3 Å². The van der Waals surface area contributed by atoms with E-state index in [1.54, 1.807) is 24.3 Å². The van der Waals surface area contributed by atoms with Gasteiger partial charge in [0.2, 0.25) is 0 Å². The Morgan fingerprint density at radius 2 is 1.71 bits per heavy atom. The number of aliphatic hydroxyl groups is 1. The molecule has 10 heteroatoms. The number of carbonyl (C=O) groups excluding carboxylic acids is 2. The van der Waals surface area contributed by atoms with Crippen LogP contribution in [0.3, 0.4) is 0 Å². The van der Waals surface area contributed by atoms with E-state index in [1.807, 2.05) is 92.0 Å². The minimum Gasteiger partial charge on any atom is -0.505 e. The summed E-state index contributed by atoms with van der Waals surface area (Å²) < 4.78 is 14.4. The van der Waals surface area contributed by atoms with Gasteiger partial charge in [-0.1, -0.05) is 47.7 Å². The molecule has 1 saturated heterocycles. The predicted molar refractivity (Wildman–Crippen MR) is 173 cm³/mol. The number of para-hydroxylation sites is 1. The van der Waals surface area contributed by atoms with E-state index in [0.29, 0.717) is 51.4 Å². The summed E-state index contributed by atoms with van der Waals surface area (Å²) in [5, 5.41) is 12.2. The normalized spacial score (nSPS) is 16.2. The minimum absolute atomic E-state index is 0.0738. The van der Waals surface area contributed by atoms with Crippen molar-refractivity contribution >= 4 is 49.8 Å². The van der Waals surface area contributed by atoms with Crippen molar-refractivity contribution in [1.82, 2.24) is 14.4 Å². The number of aryl methyl sites for hydroxylation is 2. The van der Waals surface area contributed by atoms with Gasteiger partial charge >= 0.3 is 5.91 Å². The Bertz CT molecular complexity index is 2150. The number of hydrogen-bond acceptors (Lipinski definition) is 8. The molecule has 3 aromatic heterocycles. The fourth-order valence-electron chi connectivity index (χ4n) is 5.64. The number of carbonyl (C=O) groups is 2. The number of aliphatic hydroxyl groups excluding tert-OH is 1. The Balaban J connectivity index is 1.41. The second kappa shape index (κ2) is 11.2. The lowest BCUT2D eigenvalue weighted by Crippen LogP contribution is -2.29. The van der Waals surface area contributed by atoms with E-state index in [1.165, 1.54) is 16.2 Å². The van der Waals surface area contributed by atoms with Crippen LogP contribution >= 0.6 is 11.3 Å². The van der Waals surface area contributed by atoms with Crippen molar-refractivity contribution < 1.29 is 24.2 Å². The molecule has 1 unspecified atom stereocenters. The molecule has 1 fully saturated rings. The third-order valence-corrected chi connectivity index (χ3v) is 8.79. The summed E-state index contributed by atoms with van der Waals surface area (Å²) in [6.07, 6.45) is 1.85. The van der Waals surface area contributed by atoms with E-state index in [-0.39, 0.29) is 17.0 Å². The van der Waals surface area contributed by atoms with Gasteiger partial charge in [0.15, 0.2) is 10.9 Å². The van der Waals surface area contributed by atoms with Crippen LogP contribution in [-0.2, 0) is 9.59 Å². The van der Waals surface area contributed by atoms with Crippen LogP contribution in [0.1, 0.15) is 35.5 Å². The van der Waals surface area contributed by atoms with E-state index in [2.05, 4.69) is 0 Å². The second-order valence-corrected chi connectivity index (χ2v) is 11.7. The molecule has 45 heavy (non-hydrogen) atoms. The highest BCUT2D eigenvalue weighted by atomic mass is 32.1. The van der Waals surface area contributed by atoms with E-state index < -0.39 is 17.7 Å². The molecule has 4 heterocycles. The first kappa shape index (κ1) is 28.3. The number of ketones is 1. The lowest BCUT2D eigenvalue weighted by Gasteiger charge is -2.23. The third kappa shape index (κ3) is 4.89. The molecule has 0 bridgehead atoms. The molecule has 0 radical (unpaired) electrons. The van der Waals surface area contributed by atoms with Crippen molar-refractivity contribution in [2.75, 3.05) is 11.5 Å². The summed E-state index contributed by atoms with van der Waals surface area (Å²) in [5.74, 6) is -0.144. The SMILES string of the molecule is CCOc1ccc2nc(N3C(=O)C(=O)C(=C(O)c4nc5c(C)cccn5c4C)C3c3cccc(Oc4ccccc4)c3)sc2c1. The average molecular weight is 617 g/mol. The van der Waals surface area contributed by atoms with Crippen LogP contribution in [0.5, 0.6) is 17.2 Å². The van der Waals surface area contributed by atoms with Crippen molar-refractivity contribution in [1.29, 1.82) is 0 Å². The van der Waals surface area contributed by atoms with Gasteiger partial charge in [-0.3, -0.25) is 14.5 Å². The molecule has 7 rings (SSSR count). The molecule has 1 atom stereocenters. The third-order valence-electron chi connectivity index (χ3n) is 7.77. The number of thiazole rings is 1. The lowest BCUT2D eigenvalue weighted by molar-refractivity contribution is -0.132. The number of aromatic nitrogens is 3.